The van der Waals surface area contributed by atoms with Gasteiger partial charge in [0.05, 0.1) is 11.6 Å². The van der Waals surface area contributed by atoms with Crippen molar-refractivity contribution in [2.24, 2.45) is 0 Å². The van der Waals surface area contributed by atoms with Crippen LogP contribution in [0.1, 0.15) is 16.0 Å². The molecule has 0 N–H and O–H groups in total. The molecule has 1 aromatic carbocycles. The molecule has 0 bridgehead atoms. The van der Waals surface area contributed by atoms with Gasteiger partial charge in [-0.1, -0.05) is 6.07 Å². The summed E-state index contributed by atoms with van der Waals surface area (Å²) in [7, 11) is 0. The predicted molar refractivity (Wildman–Crippen MR) is 56.0 cm³/mol. The van der Waals surface area contributed by atoms with Gasteiger partial charge in [0.15, 0.2) is 0 Å². The van der Waals surface area contributed by atoms with Gasteiger partial charge in [-0.25, -0.2) is 0 Å². The van der Waals surface area contributed by atoms with Gasteiger partial charge in [0.25, 0.3) is 0 Å². The molecule has 66 valence electrons. The number of aryl methyl sites for hydroxylation is 1. The highest BCUT2D eigenvalue weighted by atomic mass is 32.1. The molecule has 0 saturated carbocycles. The topological polar surface area (TPSA) is 47.6 Å². The molecule has 0 saturated heterocycles. The quantitative estimate of drug-likeness (QED) is 0.653. The minimum atomic E-state index is 0.642. The Morgan fingerprint density at radius 1 is 1.21 bits per heavy atom. The largest absolute Gasteiger partial charge is 0.192 e. The number of benzene rings is 1. The zero-order valence-corrected chi connectivity index (χ0v) is 8.35. The van der Waals surface area contributed by atoms with E-state index in [-0.39, 0.29) is 0 Å². The van der Waals surface area contributed by atoms with E-state index in [0.29, 0.717) is 10.4 Å². The van der Waals surface area contributed by atoms with Gasteiger partial charge >= 0.3 is 0 Å². The highest BCUT2D eigenvalue weighted by Gasteiger charge is 2.07. The molecule has 0 amide bonds. The Hall–Kier alpha value is -1.84. The van der Waals surface area contributed by atoms with Crippen LogP contribution in [-0.2, 0) is 0 Å². The third-order valence-corrected chi connectivity index (χ3v) is 3.29. The van der Waals surface area contributed by atoms with E-state index >= 15 is 0 Å². The maximum absolute atomic E-state index is 8.88. The first-order valence-corrected chi connectivity index (χ1v) is 4.91. The first-order valence-electron chi connectivity index (χ1n) is 4.09. The van der Waals surface area contributed by atoms with Crippen molar-refractivity contribution in [1.82, 2.24) is 0 Å². The summed E-state index contributed by atoms with van der Waals surface area (Å²) in [5.74, 6) is 0. The van der Waals surface area contributed by atoms with Gasteiger partial charge in [-0.2, -0.15) is 10.5 Å². The van der Waals surface area contributed by atoms with Crippen molar-refractivity contribution < 1.29 is 0 Å². The van der Waals surface area contributed by atoms with Crippen LogP contribution in [0.5, 0.6) is 0 Å². The van der Waals surface area contributed by atoms with Crippen LogP contribution in [0, 0.1) is 29.6 Å². The van der Waals surface area contributed by atoms with Crippen LogP contribution in [-0.4, -0.2) is 0 Å². The zero-order valence-electron chi connectivity index (χ0n) is 7.53. The molecule has 2 nitrogen and oxygen atoms in total. The average molecular weight is 198 g/mol. The molecule has 0 unspecified atom stereocenters. The monoisotopic (exact) mass is 198 g/mol. The molecular formula is C11H6N2S. The Morgan fingerprint density at radius 3 is 2.64 bits per heavy atom. The van der Waals surface area contributed by atoms with Crippen LogP contribution in [0.3, 0.4) is 0 Å². The second kappa shape index (κ2) is 3.14. The van der Waals surface area contributed by atoms with Gasteiger partial charge in [-0.15, -0.1) is 11.3 Å². The van der Waals surface area contributed by atoms with E-state index in [0.717, 1.165) is 15.6 Å². The van der Waals surface area contributed by atoms with E-state index in [4.69, 9.17) is 10.5 Å². The smallest absolute Gasteiger partial charge is 0.110 e. The van der Waals surface area contributed by atoms with Crippen LogP contribution < -0.4 is 0 Å². The molecule has 1 aromatic heterocycles. The van der Waals surface area contributed by atoms with Crippen molar-refractivity contribution in [3.8, 4) is 12.1 Å². The van der Waals surface area contributed by atoms with E-state index in [1.807, 2.05) is 13.0 Å². The van der Waals surface area contributed by atoms with E-state index in [1.54, 1.807) is 12.1 Å². The minimum absolute atomic E-state index is 0.642. The third kappa shape index (κ3) is 1.16. The lowest BCUT2D eigenvalue weighted by Crippen LogP contribution is -1.77. The summed E-state index contributed by atoms with van der Waals surface area (Å²) in [6.45, 7) is 1.99. The summed E-state index contributed by atoms with van der Waals surface area (Å²) in [6.07, 6.45) is 0. The summed E-state index contributed by atoms with van der Waals surface area (Å²) in [6, 6.07) is 9.73. The first-order chi connectivity index (χ1) is 6.76. The van der Waals surface area contributed by atoms with Crippen LogP contribution in [0.15, 0.2) is 18.2 Å². The molecule has 0 radical (unpaired) electrons. The first kappa shape index (κ1) is 8.74. The number of hydrogen-bond acceptors (Lipinski definition) is 3. The number of nitrogens with zero attached hydrogens (tertiary/aromatic N) is 2. The lowest BCUT2D eigenvalue weighted by Gasteiger charge is -1.95. The van der Waals surface area contributed by atoms with Crippen LogP contribution in [0.4, 0.5) is 0 Å². The number of hydrogen-bond donors (Lipinski definition) is 0. The maximum Gasteiger partial charge on any atom is 0.110 e. The van der Waals surface area contributed by atoms with Gasteiger partial charge in [0, 0.05) is 10.1 Å². The Morgan fingerprint density at radius 2 is 2.00 bits per heavy atom. The maximum atomic E-state index is 8.88. The minimum Gasteiger partial charge on any atom is -0.192 e. The van der Waals surface area contributed by atoms with Crippen molar-refractivity contribution in [1.29, 1.82) is 10.5 Å². The van der Waals surface area contributed by atoms with Crippen LogP contribution in [0.2, 0.25) is 0 Å². The summed E-state index contributed by atoms with van der Waals surface area (Å²) in [5.41, 5.74) is 1.76. The van der Waals surface area contributed by atoms with E-state index in [9.17, 15) is 0 Å². The molecule has 2 rings (SSSR count). The number of rotatable bonds is 0. The van der Waals surface area contributed by atoms with Gasteiger partial charge in [-0.05, 0) is 24.6 Å². The number of nitriles is 2. The van der Waals surface area contributed by atoms with Crippen molar-refractivity contribution in [2.75, 3.05) is 0 Å². The molecule has 14 heavy (non-hydrogen) atoms. The zero-order chi connectivity index (χ0) is 10.1. The van der Waals surface area contributed by atoms with Crippen molar-refractivity contribution in [3.63, 3.8) is 0 Å². The number of fused-ring (bicyclic) bond motifs is 1. The predicted octanol–water partition coefficient (Wildman–Crippen LogP) is 2.95. The fraction of sp³-hybridized carbons (Fsp3) is 0.0909. The standard InChI is InChI=1S/C11H6N2S/c1-7-2-3-8(5-12)10-4-9(6-13)14-11(7)10/h2-4H,1H3. The summed E-state index contributed by atoms with van der Waals surface area (Å²) in [5, 5.41) is 18.5. The number of thiophene rings is 1. The SMILES string of the molecule is Cc1ccc(C#N)c2cc(C#N)sc12. The summed E-state index contributed by atoms with van der Waals surface area (Å²) < 4.78 is 1.04. The molecule has 0 aliphatic heterocycles. The Bertz CT molecular complexity index is 582. The van der Waals surface area contributed by atoms with Crippen LogP contribution in [0.25, 0.3) is 10.1 Å². The summed E-state index contributed by atoms with van der Waals surface area (Å²) >= 11 is 1.44. The van der Waals surface area contributed by atoms with Gasteiger partial charge in [0.2, 0.25) is 0 Å². The fourth-order valence-corrected chi connectivity index (χ4v) is 2.36. The Kier molecular flexibility index (Phi) is 1.96. The Balaban J connectivity index is 2.92. The lowest BCUT2D eigenvalue weighted by molar-refractivity contribution is 1.49. The Labute approximate surface area is 85.6 Å². The highest BCUT2D eigenvalue weighted by molar-refractivity contribution is 7.19. The second-order valence-electron chi connectivity index (χ2n) is 3.01. The molecule has 1 heterocycles. The van der Waals surface area contributed by atoms with Crippen molar-refractivity contribution in [2.45, 2.75) is 6.92 Å². The highest BCUT2D eigenvalue weighted by Crippen LogP contribution is 2.30. The molecule has 0 atom stereocenters. The van der Waals surface area contributed by atoms with Crippen molar-refractivity contribution >= 4 is 21.4 Å². The average Bonchev–Trinajstić information content (AvgIpc) is 2.63. The second-order valence-corrected chi connectivity index (χ2v) is 4.06. The molecule has 2 aromatic rings. The molecule has 0 spiro atoms. The molecule has 3 heteroatoms. The molecule has 0 fully saturated rings. The third-order valence-electron chi connectivity index (χ3n) is 2.11. The lowest BCUT2D eigenvalue weighted by atomic mass is 10.1. The normalized spacial score (nSPS) is 9.64. The van der Waals surface area contributed by atoms with Crippen molar-refractivity contribution in [3.05, 3.63) is 34.2 Å². The molecular weight excluding hydrogens is 192 g/mol. The van der Waals surface area contributed by atoms with Gasteiger partial charge < -0.3 is 0 Å². The molecule has 0 aliphatic carbocycles. The fourth-order valence-electron chi connectivity index (χ4n) is 1.41. The van der Waals surface area contributed by atoms with E-state index in [2.05, 4.69) is 12.1 Å². The summed E-state index contributed by atoms with van der Waals surface area (Å²) in [4.78, 5) is 0.658. The molecule has 0 aliphatic rings. The van der Waals surface area contributed by atoms with Gasteiger partial charge in [-0.3, -0.25) is 0 Å². The van der Waals surface area contributed by atoms with E-state index in [1.165, 1.54) is 11.3 Å². The van der Waals surface area contributed by atoms with Crippen LogP contribution >= 0.6 is 11.3 Å². The van der Waals surface area contributed by atoms with Gasteiger partial charge in [0.1, 0.15) is 10.9 Å². The van der Waals surface area contributed by atoms with E-state index < -0.39 is 0 Å².